The van der Waals surface area contributed by atoms with Crippen molar-refractivity contribution in [3.63, 3.8) is 0 Å². The number of amides is 2. The van der Waals surface area contributed by atoms with Crippen molar-refractivity contribution >= 4 is 46.6 Å². The van der Waals surface area contributed by atoms with Gasteiger partial charge in [-0.1, -0.05) is 138 Å². The number of carbonyl (C=O) groups excluding carboxylic acids is 4. The number of hydrogen-bond donors (Lipinski definition) is 0. The summed E-state index contributed by atoms with van der Waals surface area (Å²) >= 11 is 2.39. The van der Waals surface area contributed by atoms with Gasteiger partial charge < -0.3 is 19.3 Å². The molecule has 0 aliphatic rings. The van der Waals surface area contributed by atoms with Crippen molar-refractivity contribution in [2.45, 2.75) is 117 Å². The van der Waals surface area contributed by atoms with Crippen LogP contribution >= 0.6 is 23.5 Å². The molecule has 2 rings (SSSR count). The average molecular weight is 781 g/mol. The van der Waals surface area contributed by atoms with Gasteiger partial charge in [0.05, 0.1) is 13.2 Å². The molecule has 0 atom stereocenters. The van der Waals surface area contributed by atoms with E-state index < -0.39 is 0 Å². The summed E-state index contributed by atoms with van der Waals surface area (Å²) in [5, 5.41) is -0.0471. The molecule has 298 valence electrons. The third-order valence-corrected chi connectivity index (χ3v) is 11.8. The van der Waals surface area contributed by atoms with Crippen molar-refractivity contribution in [2.75, 3.05) is 40.5 Å². The second-order valence-corrected chi connectivity index (χ2v) is 15.7. The Kier molecular flexibility index (Phi) is 26.2. The smallest absolute Gasteiger partial charge is 0.223 e. The topological polar surface area (TPSA) is 93.2 Å². The molecule has 2 amide bonds. The third kappa shape index (κ3) is 19.4. The van der Waals surface area contributed by atoms with Crippen LogP contribution in [0.4, 0.5) is 0 Å². The Morgan fingerprint density at radius 2 is 0.815 bits per heavy atom. The number of unbranched alkanes of at least 4 members (excludes halogenated alkanes) is 13. The van der Waals surface area contributed by atoms with Crippen LogP contribution in [0, 0.1) is 0 Å². The molecule has 0 spiro atoms. The van der Waals surface area contributed by atoms with Crippen LogP contribution in [-0.2, 0) is 19.1 Å². The first kappa shape index (κ1) is 47.0. The summed E-state index contributed by atoms with van der Waals surface area (Å²) < 4.78 is 10.5. The Hall–Kier alpha value is -3.18. The minimum Gasteiger partial charge on any atom is -0.384 e. The Morgan fingerprint density at radius 3 is 1.09 bits per heavy atom. The van der Waals surface area contributed by atoms with E-state index in [0.29, 0.717) is 50.3 Å². The Bertz CT molecular complexity index is 1310. The largest absolute Gasteiger partial charge is 0.384 e. The molecule has 2 aromatic carbocycles. The number of nitrogens with zero attached hydrogens (tertiary/aromatic N) is 2. The molecule has 0 bridgehead atoms. The number of allylic oxidation sites excluding steroid dienone is 2. The summed E-state index contributed by atoms with van der Waals surface area (Å²) in [6.45, 7) is 6.15. The zero-order valence-corrected chi connectivity index (χ0v) is 34.9. The van der Waals surface area contributed by atoms with E-state index in [1.165, 1.54) is 87.7 Å². The molecule has 54 heavy (non-hydrogen) atoms. The molecular formula is C44H64N2O6S2. The highest BCUT2D eigenvalue weighted by Crippen LogP contribution is 2.30. The molecular weight excluding hydrogens is 717 g/mol. The highest BCUT2D eigenvalue weighted by atomic mass is 32.2. The van der Waals surface area contributed by atoms with Crippen LogP contribution in [0.3, 0.4) is 0 Å². The van der Waals surface area contributed by atoms with Crippen LogP contribution in [-0.4, -0.2) is 73.4 Å². The highest BCUT2D eigenvalue weighted by Gasteiger charge is 2.17. The van der Waals surface area contributed by atoms with E-state index >= 15 is 0 Å². The van der Waals surface area contributed by atoms with E-state index in [1.54, 1.807) is 24.0 Å². The quantitative estimate of drug-likeness (QED) is 0.0551. The summed E-state index contributed by atoms with van der Waals surface area (Å²) in [7, 11) is 3.29. The van der Waals surface area contributed by atoms with Gasteiger partial charge in [-0.05, 0) is 50.2 Å². The lowest BCUT2D eigenvalue weighted by Crippen LogP contribution is -2.22. The minimum absolute atomic E-state index is 0.0235. The fourth-order valence-corrected chi connectivity index (χ4v) is 7.95. The van der Waals surface area contributed by atoms with Crippen molar-refractivity contribution in [1.29, 1.82) is 0 Å². The molecule has 0 saturated heterocycles. The maximum absolute atomic E-state index is 12.8. The second kappa shape index (κ2) is 30.1. The van der Waals surface area contributed by atoms with Gasteiger partial charge >= 0.3 is 0 Å². The summed E-state index contributed by atoms with van der Waals surface area (Å²) in [5.74, 6) is 0. The van der Waals surface area contributed by atoms with Crippen molar-refractivity contribution in [3.05, 3.63) is 93.0 Å². The summed E-state index contributed by atoms with van der Waals surface area (Å²) in [5.41, 5.74) is 2.97. The number of hydrogen-bond acceptors (Lipinski definition) is 8. The van der Waals surface area contributed by atoms with Crippen molar-refractivity contribution in [1.82, 2.24) is 9.80 Å². The highest BCUT2D eigenvalue weighted by molar-refractivity contribution is 8.17. The molecule has 0 aliphatic heterocycles. The third-order valence-electron chi connectivity index (χ3n) is 9.49. The van der Waals surface area contributed by atoms with Gasteiger partial charge in [-0.15, -0.1) is 0 Å². The molecule has 0 fully saturated rings. The van der Waals surface area contributed by atoms with Gasteiger partial charge in [-0.25, -0.2) is 0 Å². The molecule has 10 heteroatoms. The molecule has 2 aromatic rings. The normalized spacial score (nSPS) is 12.1. The van der Waals surface area contributed by atoms with Crippen LogP contribution in [0.25, 0.3) is 0 Å². The number of methoxy groups -OCH3 is 2. The van der Waals surface area contributed by atoms with Crippen LogP contribution in [0.15, 0.2) is 81.9 Å². The van der Waals surface area contributed by atoms with Crippen molar-refractivity contribution in [2.24, 2.45) is 0 Å². The van der Waals surface area contributed by atoms with Gasteiger partial charge in [-0.2, -0.15) is 0 Å². The molecule has 8 nitrogen and oxygen atoms in total. The number of thioether (sulfide) groups is 2. The maximum atomic E-state index is 12.8. The summed E-state index contributed by atoms with van der Waals surface area (Å²) in [4.78, 5) is 54.8. The van der Waals surface area contributed by atoms with E-state index in [0.717, 1.165) is 59.7 Å². The molecule has 0 heterocycles. The van der Waals surface area contributed by atoms with E-state index in [1.807, 2.05) is 74.5 Å². The lowest BCUT2D eigenvalue weighted by molar-refractivity contribution is -0.117. The summed E-state index contributed by atoms with van der Waals surface area (Å²) in [6.07, 6.45) is 19.4. The van der Waals surface area contributed by atoms with Crippen LogP contribution in [0.5, 0.6) is 0 Å². The first-order chi connectivity index (χ1) is 26.4. The SMILES string of the molecule is COCC/C(SC(=O)c1ccccc1)=C(/C)N(C=O)CCCCCCCCCCCCCCCCN(C=O)/C(C)=C(\CCOC)SC(=O)c1ccccc1. The number of benzene rings is 2. The average Bonchev–Trinajstić information content (AvgIpc) is 3.20. The molecule has 0 aliphatic carbocycles. The van der Waals surface area contributed by atoms with Gasteiger partial charge in [-0.3, -0.25) is 19.2 Å². The number of carbonyl (C=O) groups is 4. The first-order valence-electron chi connectivity index (χ1n) is 19.7. The van der Waals surface area contributed by atoms with Gasteiger partial charge in [0.1, 0.15) is 0 Å². The van der Waals surface area contributed by atoms with E-state index in [9.17, 15) is 19.2 Å². The Labute approximate surface area is 333 Å². The fourth-order valence-electron chi connectivity index (χ4n) is 6.10. The second-order valence-electron chi connectivity index (χ2n) is 13.6. The zero-order valence-electron chi connectivity index (χ0n) is 33.2. The zero-order chi connectivity index (χ0) is 39.2. The first-order valence-corrected chi connectivity index (χ1v) is 21.3. The molecule has 0 radical (unpaired) electrons. The predicted octanol–water partition coefficient (Wildman–Crippen LogP) is 11.0. The van der Waals surface area contributed by atoms with Crippen molar-refractivity contribution < 1.29 is 28.7 Å². The monoisotopic (exact) mass is 780 g/mol. The molecule has 0 saturated carbocycles. The molecule has 0 N–H and O–H groups in total. The van der Waals surface area contributed by atoms with E-state index in [-0.39, 0.29) is 10.2 Å². The van der Waals surface area contributed by atoms with Crippen LogP contribution in [0.1, 0.15) is 137 Å². The maximum Gasteiger partial charge on any atom is 0.223 e. The minimum atomic E-state index is -0.0235. The Morgan fingerprint density at radius 1 is 0.519 bits per heavy atom. The predicted molar refractivity (Wildman–Crippen MR) is 225 cm³/mol. The number of ether oxygens (including phenoxy) is 2. The molecule has 0 aromatic heterocycles. The van der Waals surface area contributed by atoms with Gasteiger partial charge in [0.2, 0.25) is 23.1 Å². The van der Waals surface area contributed by atoms with Gasteiger partial charge in [0.25, 0.3) is 0 Å². The van der Waals surface area contributed by atoms with Gasteiger partial charge in [0, 0.05) is 72.5 Å². The van der Waals surface area contributed by atoms with Crippen LogP contribution < -0.4 is 0 Å². The fraction of sp³-hybridized carbons (Fsp3) is 0.545. The van der Waals surface area contributed by atoms with Crippen molar-refractivity contribution in [3.8, 4) is 0 Å². The lowest BCUT2D eigenvalue weighted by atomic mass is 10.0. The number of rotatable bonds is 31. The Balaban J connectivity index is 1.56. The molecule has 0 unspecified atom stereocenters. The van der Waals surface area contributed by atoms with E-state index in [2.05, 4.69) is 0 Å². The van der Waals surface area contributed by atoms with Crippen LogP contribution in [0.2, 0.25) is 0 Å². The van der Waals surface area contributed by atoms with Gasteiger partial charge in [0.15, 0.2) is 0 Å². The van der Waals surface area contributed by atoms with E-state index in [4.69, 9.17) is 9.47 Å². The summed E-state index contributed by atoms with van der Waals surface area (Å²) in [6, 6.07) is 18.5. The lowest BCUT2D eigenvalue weighted by Gasteiger charge is -2.21. The standard InChI is InChI=1S/C44H64N2O6S2/c1-37(41(29-33-51-3)53-43(49)39-25-19-17-20-26-39)45(35-47)31-23-15-13-11-9-7-5-6-8-10-12-14-16-24-32-46(36-48)38(2)42(30-34-52-4)54-44(50)40-27-21-18-22-28-40/h17-22,25-28,35-36H,5-16,23-24,29-34H2,1-4H3/b41-37+,42-38+.